The molecule has 3 heterocycles. The normalized spacial score (nSPS) is 11.2. The molecule has 0 aliphatic heterocycles. The highest BCUT2D eigenvalue weighted by atomic mass is 19.1. The van der Waals surface area contributed by atoms with Crippen LogP contribution in [0.5, 0.6) is 0 Å². The van der Waals surface area contributed by atoms with Crippen LogP contribution in [0.25, 0.3) is 22.4 Å². The molecule has 8 nitrogen and oxygen atoms in total. The molecule has 0 unspecified atom stereocenters. The number of carbonyl (C=O) groups excluding carboxylic acids is 1. The third-order valence-electron chi connectivity index (χ3n) is 4.69. The summed E-state index contributed by atoms with van der Waals surface area (Å²) in [5, 5.41) is 11.9. The van der Waals surface area contributed by atoms with Gasteiger partial charge in [0.2, 0.25) is 5.91 Å². The molecule has 4 rings (SSSR count). The molecule has 1 N–H and O–H groups in total. The van der Waals surface area contributed by atoms with Gasteiger partial charge in [-0.1, -0.05) is 13.0 Å². The van der Waals surface area contributed by atoms with Crippen LogP contribution >= 0.6 is 0 Å². The highest BCUT2D eigenvalue weighted by Crippen LogP contribution is 2.24. The van der Waals surface area contributed by atoms with E-state index < -0.39 is 11.4 Å². The number of aromatic nitrogens is 5. The first-order chi connectivity index (χ1) is 14.5. The number of hydrogen-bond donors (Lipinski definition) is 1. The van der Waals surface area contributed by atoms with Crippen molar-refractivity contribution < 1.29 is 9.18 Å². The quantitative estimate of drug-likeness (QED) is 0.531. The summed E-state index contributed by atoms with van der Waals surface area (Å²) in [6.45, 7) is 4.02. The lowest BCUT2D eigenvalue weighted by molar-refractivity contribution is -0.121. The summed E-state index contributed by atoms with van der Waals surface area (Å²) in [5.41, 5.74) is 0.934. The van der Waals surface area contributed by atoms with Crippen molar-refractivity contribution in [3.05, 3.63) is 70.7 Å². The fourth-order valence-corrected chi connectivity index (χ4v) is 3.33. The summed E-state index contributed by atoms with van der Waals surface area (Å²) >= 11 is 0. The van der Waals surface area contributed by atoms with Crippen LogP contribution in [0.15, 0.2) is 53.6 Å². The summed E-state index contributed by atoms with van der Waals surface area (Å²) in [7, 11) is 0. The molecule has 0 saturated carbocycles. The fourth-order valence-electron chi connectivity index (χ4n) is 3.33. The van der Waals surface area contributed by atoms with Gasteiger partial charge in [0.1, 0.15) is 23.3 Å². The number of hydrogen-bond acceptors (Lipinski definition) is 4. The first-order valence-electron chi connectivity index (χ1n) is 9.66. The molecule has 0 radical (unpaired) electrons. The molecule has 0 aliphatic carbocycles. The molecule has 4 aromatic rings. The van der Waals surface area contributed by atoms with Crippen LogP contribution in [0.4, 0.5) is 4.39 Å². The lowest BCUT2D eigenvalue weighted by atomic mass is 10.2. The Balaban J connectivity index is 1.96. The van der Waals surface area contributed by atoms with Crippen LogP contribution in [0, 0.1) is 12.7 Å². The summed E-state index contributed by atoms with van der Waals surface area (Å²) in [5.74, 6) is -0.241. The van der Waals surface area contributed by atoms with Gasteiger partial charge in [0.05, 0.1) is 11.4 Å². The summed E-state index contributed by atoms with van der Waals surface area (Å²) < 4.78 is 18.3. The number of halogens is 1. The van der Waals surface area contributed by atoms with Crippen molar-refractivity contribution in [1.29, 1.82) is 0 Å². The first-order valence-corrected chi connectivity index (χ1v) is 9.66. The highest BCUT2D eigenvalue weighted by Gasteiger charge is 2.22. The number of fused-ring (bicyclic) bond motifs is 1. The minimum Gasteiger partial charge on any atom is -0.355 e. The van der Waals surface area contributed by atoms with E-state index in [1.807, 2.05) is 19.1 Å². The van der Waals surface area contributed by atoms with E-state index in [1.54, 1.807) is 36.0 Å². The van der Waals surface area contributed by atoms with Crippen molar-refractivity contribution in [2.75, 3.05) is 6.54 Å². The number of carbonyl (C=O) groups is 1. The smallest absolute Gasteiger partial charge is 0.280 e. The molecule has 1 aromatic carbocycles. The third kappa shape index (κ3) is 3.49. The molecule has 30 heavy (non-hydrogen) atoms. The van der Waals surface area contributed by atoms with Gasteiger partial charge in [0.25, 0.3) is 5.56 Å². The molecule has 0 aliphatic rings. The first kappa shape index (κ1) is 19.6. The van der Waals surface area contributed by atoms with Gasteiger partial charge in [-0.15, -0.1) is 0 Å². The van der Waals surface area contributed by atoms with Crippen LogP contribution in [0.2, 0.25) is 0 Å². The second-order valence-corrected chi connectivity index (χ2v) is 6.93. The second kappa shape index (κ2) is 7.94. The molecule has 9 heteroatoms. The van der Waals surface area contributed by atoms with E-state index in [1.165, 1.54) is 16.8 Å². The van der Waals surface area contributed by atoms with Gasteiger partial charge in [-0.2, -0.15) is 10.2 Å². The Morgan fingerprint density at radius 3 is 2.63 bits per heavy atom. The van der Waals surface area contributed by atoms with E-state index in [2.05, 4.69) is 15.5 Å². The largest absolute Gasteiger partial charge is 0.355 e. The average molecular weight is 408 g/mol. The molecule has 0 spiro atoms. The summed E-state index contributed by atoms with van der Waals surface area (Å²) in [4.78, 5) is 25.5. The summed E-state index contributed by atoms with van der Waals surface area (Å²) in [6.07, 6.45) is 4.35. The highest BCUT2D eigenvalue weighted by molar-refractivity contribution is 5.88. The maximum atomic E-state index is 13.9. The van der Waals surface area contributed by atoms with Crippen molar-refractivity contribution in [1.82, 2.24) is 29.4 Å². The van der Waals surface area contributed by atoms with Crippen LogP contribution < -0.4 is 10.9 Å². The van der Waals surface area contributed by atoms with Crippen molar-refractivity contribution in [2.24, 2.45) is 0 Å². The van der Waals surface area contributed by atoms with E-state index >= 15 is 0 Å². The Morgan fingerprint density at radius 2 is 1.93 bits per heavy atom. The van der Waals surface area contributed by atoms with Gasteiger partial charge in [0, 0.05) is 18.9 Å². The standard InChI is InChI=1S/C21H21FN6O2/c1-3-9-23-17(29)13-27-21(30)18-19(14(2)24-27)25-28(16-8-6-7-15(22)12-16)20(18)26-10-4-5-11-26/h4-8,10-12H,3,9,13H2,1-2H3,(H,23,29). The third-order valence-corrected chi connectivity index (χ3v) is 4.69. The topological polar surface area (TPSA) is 86.7 Å². The van der Waals surface area contributed by atoms with Crippen LogP contribution in [0.1, 0.15) is 19.0 Å². The molecular formula is C21H21FN6O2. The molecule has 0 bridgehead atoms. The Morgan fingerprint density at radius 1 is 1.17 bits per heavy atom. The van der Waals surface area contributed by atoms with E-state index in [9.17, 15) is 14.0 Å². The van der Waals surface area contributed by atoms with Crippen molar-refractivity contribution >= 4 is 16.8 Å². The van der Waals surface area contributed by atoms with Gasteiger partial charge in [0.15, 0.2) is 5.82 Å². The lowest BCUT2D eigenvalue weighted by Crippen LogP contribution is -2.34. The summed E-state index contributed by atoms with van der Waals surface area (Å²) in [6, 6.07) is 9.62. The molecule has 0 fully saturated rings. The zero-order chi connectivity index (χ0) is 21.3. The number of benzene rings is 1. The van der Waals surface area contributed by atoms with Crippen molar-refractivity contribution in [3.63, 3.8) is 0 Å². The number of rotatable bonds is 6. The van der Waals surface area contributed by atoms with E-state index in [-0.39, 0.29) is 12.5 Å². The minimum atomic E-state index is -0.436. The second-order valence-electron chi connectivity index (χ2n) is 6.93. The van der Waals surface area contributed by atoms with Crippen LogP contribution in [-0.4, -0.2) is 36.6 Å². The lowest BCUT2D eigenvalue weighted by Gasteiger charge is -2.09. The van der Waals surface area contributed by atoms with E-state index in [0.717, 1.165) is 11.1 Å². The number of aryl methyl sites for hydroxylation is 1. The zero-order valence-electron chi connectivity index (χ0n) is 16.7. The van der Waals surface area contributed by atoms with Gasteiger partial charge in [-0.05, 0) is 43.7 Å². The average Bonchev–Trinajstić information content (AvgIpc) is 3.38. The molecular weight excluding hydrogens is 387 g/mol. The fraction of sp³-hybridized carbons (Fsp3) is 0.238. The maximum absolute atomic E-state index is 13.9. The van der Waals surface area contributed by atoms with Crippen molar-refractivity contribution in [3.8, 4) is 11.5 Å². The molecule has 1 amide bonds. The number of amides is 1. The SMILES string of the molecule is CCCNC(=O)Cn1nc(C)c2nn(-c3cccc(F)c3)c(-n3cccc3)c2c1=O. The van der Waals surface area contributed by atoms with E-state index in [4.69, 9.17) is 0 Å². The number of nitrogens with one attached hydrogen (secondary N) is 1. The Kier molecular flexibility index (Phi) is 5.18. The minimum absolute atomic E-state index is 0.189. The Labute approximate surface area is 171 Å². The van der Waals surface area contributed by atoms with E-state index in [0.29, 0.717) is 34.6 Å². The molecule has 0 atom stereocenters. The monoisotopic (exact) mass is 408 g/mol. The van der Waals surface area contributed by atoms with Crippen molar-refractivity contribution in [2.45, 2.75) is 26.8 Å². The Hall–Kier alpha value is -3.75. The van der Waals surface area contributed by atoms with Gasteiger partial charge < -0.3 is 9.88 Å². The molecule has 154 valence electrons. The number of nitrogens with zero attached hydrogens (tertiary/aromatic N) is 5. The van der Waals surface area contributed by atoms with Gasteiger partial charge in [-0.3, -0.25) is 9.59 Å². The zero-order valence-corrected chi connectivity index (χ0v) is 16.7. The molecule has 0 saturated heterocycles. The van der Waals surface area contributed by atoms with Crippen LogP contribution in [0.3, 0.4) is 0 Å². The van der Waals surface area contributed by atoms with Crippen LogP contribution in [-0.2, 0) is 11.3 Å². The molecule has 3 aromatic heterocycles. The Bertz CT molecular complexity index is 1270. The van der Waals surface area contributed by atoms with Gasteiger partial charge >= 0.3 is 0 Å². The predicted octanol–water partition coefficient (Wildman–Crippen LogP) is 2.35. The predicted molar refractivity (Wildman–Crippen MR) is 110 cm³/mol. The van der Waals surface area contributed by atoms with Gasteiger partial charge in [-0.25, -0.2) is 13.8 Å². The maximum Gasteiger partial charge on any atom is 0.280 e.